The molecule has 2 N–H and O–H groups in total. The van der Waals surface area contributed by atoms with Crippen LogP contribution in [0.4, 0.5) is 4.39 Å². The van der Waals surface area contributed by atoms with Gasteiger partial charge < -0.3 is 15.2 Å². The molecule has 2 amide bonds. The molecule has 3 rings (SSSR count). The van der Waals surface area contributed by atoms with Crippen LogP contribution in [0.3, 0.4) is 0 Å². The van der Waals surface area contributed by atoms with Gasteiger partial charge in [-0.15, -0.1) is 0 Å². The summed E-state index contributed by atoms with van der Waals surface area (Å²) < 4.78 is 13.2. The maximum Gasteiger partial charge on any atom is 0.261 e. The smallest absolute Gasteiger partial charge is 0.261 e. The Morgan fingerprint density at radius 3 is 2.54 bits per heavy atom. The van der Waals surface area contributed by atoms with Crippen LogP contribution in [0.5, 0.6) is 0 Å². The summed E-state index contributed by atoms with van der Waals surface area (Å²) in [7, 11) is 0. The van der Waals surface area contributed by atoms with E-state index in [2.05, 4.69) is 10.3 Å². The van der Waals surface area contributed by atoms with E-state index in [4.69, 9.17) is 11.6 Å². The van der Waals surface area contributed by atoms with Crippen LogP contribution in [-0.4, -0.2) is 34.8 Å². The Bertz CT molecular complexity index is 940. The Morgan fingerprint density at radius 1 is 1.23 bits per heavy atom. The first-order valence-corrected chi connectivity index (χ1v) is 8.42. The Labute approximate surface area is 154 Å². The van der Waals surface area contributed by atoms with Gasteiger partial charge in [0.2, 0.25) is 5.91 Å². The van der Waals surface area contributed by atoms with Crippen LogP contribution >= 0.6 is 11.6 Å². The summed E-state index contributed by atoms with van der Waals surface area (Å²) in [6.07, 6.45) is 0. The number of halogens is 2. The number of piperazine rings is 1. The number of rotatable bonds is 2. The van der Waals surface area contributed by atoms with Crippen LogP contribution in [0.15, 0.2) is 29.1 Å². The highest BCUT2D eigenvalue weighted by atomic mass is 35.5. The lowest BCUT2D eigenvalue weighted by Gasteiger charge is -2.35. The van der Waals surface area contributed by atoms with Gasteiger partial charge >= 0.3 is 0 Å². The average molecular weight is 378 g/mol. The second kappa shape index (κ2) is 6.92. The molecule has 1 aliphatic heterocycles. The number of carbonyl (C=O) groups is 2. The zero-order valence-electron chi connectivity index (χ0n) is 14.2. The minimum absolute atomic E-state index is 0.0950. The molecule has 0 saturated carbocycles. The van der Waals surface area contributed by atoms with Gasteiger partial charge in [-0.1, -0.05) is 23.7 Å². The Hall–Kier alpha value is -2.67. The number of carbonyl (C=O) groups excluding carboxylic acids is 2. The summed E-state index contributed by atoms with van der Waals surface area (Å²) in [4.78, 5) is 41.7. The van der Waals surface area contributed by atoms with Crippen molar-refractivity contribution >= 4 is 23.4 Å². The predicted octanol–water partition coefficient (Wildman–Crippen LogP) is 2.10. The molecule has 6 nitrogen and oxygen atoms in total. The third-order valence-corrected chi connectivity index (χ3v) is 5.00. The number of aryl methyl sites for hydroxylation is 1. The van der Waals surface area contributed by atoms with E-state index < -0.39 is 23.3 Å². The normalized spacial score (nSPS) is 17.2. The molecule has 0 spiro atoms. The Morgan fingerprint density at radius 2 is 1.88 bits per heavy atom. The predicted molar refractivity (Wildman–Crippen MR) is 94.7 cm³/mol. The lowest BCUT2D eigenvalue weighted by atomic mass is 10.00. The van der Waals surface area contributed by atoms with E-state index in [1.165, 1.54) is 29.2 Å². The molecule has 1 atom stereocenters. The highest BCUT2D eigenvalue weighted by Crippen LogP contribution is 2.27. The second-order valence-corrected chi connectivity index (χ2v) is 6.51. The molecular formula is C18H17ClFN3O3. The highest BCUT2D eigenvalue weighted by Gasteiger charge is 2.36. The van der Waals surface area contributed by atoms with Gasteiger partial charge in [-0.2, -0.15) is 0 Å². The number of aromatic amines is 1. The number of nitrogens with zero attached hydrogens (tertiary/aromatic N) is 1. The van der Waals surface area contributed by atoms with Crippen molar-refractivity contribution in [2.45, 2.75) is 19.9 Å². The molecule has 2 aromatic rings. The van der Waals surface area contributed by atoms with Crippen LogP contribution in [0.2, 0.25) is 5.02 Å². The van der Waals surface area contributed by atoms with E-state index in [9.17, 15) is 18.8 Å². The van der Waals surface area contributed by atoms with Gasteiger partial charge in [0.1, 0.15) is 17.4 Å². The molecule has 136 valence electrons. The van der Waals surface area contributed by atoms with Gasteiger partial charge in [0.25, 0.3) is 11.5 Å². The van der Waals surface area contributed by atoms with Crippen LogP contribution in [0.25, 0.3) is 0 Å². The largest absolute Gasteiger partial charge is 0.352 e. The third-order valence-electron chi connectivity index (χ3n) is 4.43. The van der Waals surface area contributed by atoms with E-state index in [0.717, 1.165) is 0 Å². The van der Waals surface area contributed by atoms with E-state index >= 15 is 0 Å². The van der Waals surface area contributed by atoms with Crippen molar-refractivity contribution in [1.29, 1.82) is 0 Å². The van der Waals surface area contributed by atoms with Gasteiger partial charge in [-0.05, 0) is 37.1 Å². The van der Waals surface area contributed by atoms with E-state index in [-0.39, 0.29) is 24.6 Å². The van der Waals surface area contributed by atoms with Crippen molar-refractivity contribution in [3.8, 4) is 0 Å². The van der Waals surface area contributed by atoms with Gasteiger partial charge in [0, 0.05) is 18.8 Å². The number of H-pyrrole nitrogens is 1. The summed E-state index contributed by atoms with van der Waals surface area (Å²) in [6.45, 7) is 3.71. The van der Waals surface area contributed by atoms with Gasteiger partial charge in [-0.3, -0.25) is 14.4 Å². The van der Waals surface area contributed by atoms with Crippen molar-refractivity contribution in [3.63, 3.8) is 0 Å². The first-order valence-electron chi connectivity index (χ1n) is 8.04. The zero-order chi connectivity index (χ0) is 19.0. The quantitative estimate of drug-likeness (QED) is 0.840. The summed E-state index contributed by atoms with van der Waals surface area (Å²) in [5, 5.41) is 2.99. The summed E-state index contributed by atoms with van der Waals surface area (Å²) in [6, 6.07) is 4.39. The van der Waals surface area contributed by atoms with Gasteiger partial charge in [-0.25, -0.2) is 4.39 Å². The van der Waals surface area contributed by atoms with Crippen molar-refractivity contribution in [1.82, 2.24) is 15.2 Å². The van der Waals surface area contributed by atoms with E-state index in [1.807, 2.05) is 0 Å². The van der Waals surface area contributed by atoms with Gasteiger partial charge in [0.05, 0.1) is 5.02 Å². The highest BCUT2D eigenvalue weighted by molar-refractivity contribution is 6.32. The first kappa shape index (κ1) is 18.1. The lowest BCUT2D eigenvalue weighted by molar-refractivity contribution is -0.128. The second-order valence-electron chi connectivity index (χ2n) is 6.14. The van der Waals surface area contributed by atoms with E-state index in [0.29, 0.717) is 21.8 Å². The number of hydrogen-bond donors (Lipinski definition) is 2. The van der Waals surface area contributed by atoms with Crippen molar-refractivity contribution in [2.75, 3.05) is 13.1 Å². The molecule has 26 heavy (non-hydrogen) atoms. The molecule has 1 aromatic heterocycles. The summed E-state index contributed by atoms with van der Waals surface area (Å²) >= 11 is 6.18. The average Bonchev–Trinajstić information content (AvgIpc) is 2.60. The molecule has 0 aliphatic carbocycles. The molecule has 0 radical (unpaired) electrons. The molecular weight excluding hydrogens is 361 g/mol. The molecule has 2 heterocycles. The van der Waals surface area contributed by atoms with Crippen LogP contribution in [0, 0.1) is 19.7 Å². The number of pyridine rings is 1. The van der Waals surface area contributed by atoms with Crippen molar-refractivity contribution < 1.29 is 14.0 Å². The standard InChI is InChI=1S/C18H17ClFN3O3/c1-9-13(16(24)22-10(2)14(9)19)18(26)23-8-7-21-17(25)15(23)11-3-5-12(20)6-4-11/h3-6,15H,7-8H2,1-2H3,(H,21,25)(H,22,24)/t15-/m0/s1. The summed E-state index contributed by atoms with van der Waals surface area (Å²) in [5.41, 5.74) is 0.642. The Kier molecular flexibility index (Phi) is 4.82. The number of nitrogens with one attached hydrogen (secondary N) is 2. The topological polar surface area (TPSA) is 82.3 Å². The van der Waals surface area contributed by atoms with Crippen molar-refractivity contribution in [3.05, 3.63) is 67.8 Å². The number of hydrogen-bond acceptors (Lipinski definition) is 3. The minimum atomic E-state index is -0.948. The fourth-order valence-electron chi connectivity index (χ4n) is 3.11. The zero-order valence-corrected chi connectivity index (χ0v) is 15.0. The molecule has 0 unspecified atom stereocenters. The molecule has 1 fully saturated rings. The number of amides is 2. The van der Waals surface area contributed by atoms with E-state index in [1.54, 1.807) is 13.8 Å². The van der Waals surface area contributed by atoms with Crippen molar-refractivity contribution in [2.24, 2.45) is 0 Å². The molecule has 1 aromatic carbocycles. The maximum absolute atomic E-state index is 13.2. The first-order chi connectivity index (χ1) is 12.3. The maximum atomic E-state index is 13.2. The monoisotopic (exact) mass is 377 g/mol. The lowest BCUT2D eigenvalue weighted by Crippen LogP contribution is -2.53. The fourth-order valence-corrected chi connectivity index (χ4v) is 3.25. The Balaban J connectivity index is 2.07. The molecule has 1 saturated heterocycles. The van der Waals surface area contributed by atoms with Crippen LogP contribution in [-0.2, 0) is 4.79 Å². The molecule has 1 aliphatic rings. The summed E-state index contributed by atoms with van der Waals surface area (Å²) in [5.74, 6) is -1.42. The minimum Gasteiger partial charge on any atom is -0.352 e. The fraction of sp³-hybridized carbons (Fsp3) is 0.278. The SMILES string of the molecule is Cc1[nH]c(=O)c(C(=O)N2CCNC(=O)[C@@H]2c2ccc(F)cc2)c(C)c1Cl. The van der Waals surface area contributed by atoms with Crippen LogP contribution in [0.1, 0.15) is 33.2 Å². The molecule has 0 bridgehead atoms. The number of aromatic nitrogens is 1. The van der Waals surface area contributed by atoms with Gasteiger partial charge in [0.15, 0.2) is 0 Å². The third kappa shape index (κ3) is 3.10. The van der Waals surface area contributed by atoms with Crippen LogP contribution < -0.4 is 10.9 Å². The number of benzene rings is 1. The molecule has 8 heteroatoms.